The van der Waals surface area contributed by atoms with Crippen LogP contribution in [0.3, 0.4) is 0 Å². The molecule has 19 heavy (non-hydrogen) atoms. The maximum absolute atomic E-state index is 14.1. The smallest absolute Gasteiger partial charge is 0.305 e. The van der Waals surface area contributed by atoms with Crippen LogP contribution in [0.15, 0.2) is 22.7 Å². The van der Waals surface area contributed by atoms with Gasteiger partial charge in [-0.2, -0.15) is 0 Å². The second kappa shape index (κ2) is 6.48. The van der Waals surface area contributed by atoms with E-state index in [1.54, 1.807) is 12.1 Å². The van der Waals surface area contributed by atoms with Gasteiger partial charge in [0, 0.05) is 16.1 Å². The van der Waals surface area contributed by atoms with Crippen molar-refractivity contribution >= 4 is 21.9 Å². The third-order valence-electron chi connectivity index (χ3n) is 3.52. The molecule has 1 unspecified atom stereocenters. The highest BCUT2D eigenvalue weighted by Gasteiger charge is 2.26. The molecule has 1 heterocycles. The van der Waals surface area contributed by atoms with Crippen LogP contribution < -0.4 is 0 Å². The molecule has 3 nitrogen and oxygen atoms in total. The van der Waals surface area contributed by atoms with Gasteiger partial charge in [-0.05, 0) is 38.1 Å². The van der Waals surface area contributed by atoms with E-state index in [-0.39, 0.29) is 18.3 Å². The van der Waals surface area contributed by atoms with E-state index in [0.29, 0.717) is 10.0 Å². The molecule has 1 aromatic rings. The molecule has 0 saturated carbocycles. The fourth-order valence-corrected chi connectivity index (χ4v) is 2.94. The van der Waals surface area contributed by atoms with Gasteiger partial charge in [-0.25, -0.2) is 4.39 Å². The molecular formula is C14H17BrFNO2. The van der Waals surface area contributed by atoms with Gasteiger partial charge in [0.1, 0.15) is 5.82 Å². The van der Waals surface area contributed by atoms with Crippen LogP contribution in [-0.2, 0) is 4.79 Å². The lowest BCUT2D eigenvalue weighted by atomic mass is 9.98. The van der Waals surface area contributed by atoms with Crippen LogP contribution in [0.5, 0.6) is 0 Å². The average molecular weight is 330 g/mol. The monoisotopic (exact) mass is 329 g/mol. The minimum absolute atomic E-state index is 0.0570. The highest BCUT2D eigenvalue weighted by Crippen LogP contribution is 2.30. The van der Waals surface area contributed by atoms with Crippen LogP contribution in [0.4, 0.5) is 4.39 Å². The Kier molecular flexibility index (Phi) is 4.93. The number of hydrogen-bond donors (Lipinski definition) is 1. The Hall–Kier alpha value is -0.940. The Morgan fingerprint density at radius 3 is 2.63 bits per heavy atom. The Labute approximate surface area is 120 Å². The Morgan fingerprint density at radius 1 is 1.37 bits per heavy atom. The van der Waals surface area contributed by atoms with Gasteiger partial charge in [-0.3, -0.25) is 9.69 Å². The van der Waals surface area contributed by atoms with E-state index in [4.69, 9.17) is 5.11 Å². The maximum Gasteiger partial charge on any atom is 0.305 e. The molecule has 1 fully saturated rings. The van der Waals surface area contributed by atoms with Crippen molar-refractivity contribution in [1.82, 2.24) is 4.90 Å². The van der Waals surface area contributed by atoms with Crippen molar-refractivity contribution in [3.8, 4) is 0 Å². The molecule has 2 rings (SSSR count). The van der Waals surface area contributed by atoms with E-state index >= 15 is 0 Å². The normalized spacial score (nSPS) is 18.2. The molecule has 1 aliphatic heterocycles. The van der Waals surface area contributed by atoms with E-state index in [1.165, 1.54) is 12.5 Å². The van der Waals surface area contributed by atoms with E-state index < -0.39 is 5.97 Å². The van der Waals surface area contributed by atoms with Gasteiger partial charge in [0.2, 0.25) is 0 Å². The highest BCUT2D eigenvalue weighted by molar-refractivity contribution is 9.10. The minimum atomic E-state index is -0.891. The van der Waals surface area contributed by atoms with Crippen LogP contribution in [0.1, 0.15) is 37.3 Å². The molecule has 0 aromatic heterocycles. The summed E-state index contributed by atoms with van der Waals surface area (Å²) in [4.78, 5) is 13.1. The van der Waals surface area contributed by atoms with Crippen LogP contribution in [0.2, 0.25) is 0 Å². The maximum atomic E-state index is 14.1. The molecular weight excluding hydrogens is 313 g/mol. The zero-order valence-corrected chi connectivity index (χ0v) is 12.2. The number of rotatable bonds is 4. The highest BCUT2D eigenvalue weighted by atomic mass is 79.9. The summed E-state index contributed by atoms with van der Waals surface area (Å²) in [7, 11) is 0. The number of likely N-dealkylation sites (tertiary alicyclic amines) is 1. The molecule has 0 bridgehead atoms. The first-order valence-corrected chi connectivity index (χ1v) is 7.28. The summed E-state index contributed by atoms with van der Waals surface area (Å²) < 4.78 is 14.7. The largest absolute Gasteiger partial charge is 0.481 e. The van der Waals surface area contributed by atoms with E-state index in [0.717, 1.165) is 25.9 Å². The number of carboxylic acid groups (broad SMARTS) is 1. The third-order valence-corrected chi connectivity index (χ3v) is 4.01. The first kappa shape index (κ1) is 14.5. The number of nitrogens with zero attached hydrogens (tertiary/aromatic N) is 1. The molecule has 0 spiro atoms. The SMILES string of the molecule is O=C(O)CC(c1ccc(Br)cc1F)N1CCCCC1. The van der Waals surface area contributed by atoms with Crippen molar-refractivity contribution in [2.75, 3.05) is 13.1 Å². The molecule has 1 atom stereocenters. The molecule has 0 amide bonds. The fourth-order valence-electron chi connectivity index (χ4n) is 2.60. The summed E-state index contributed by atoms with van der Waals surface area (Å²) in [5, 5.41) is 9.06. The number of carbonyl (C=O) groups is 1. The number of piperidine rings is 1. The van der Waals surface area contributed by atoms with Gasteiger partial charge < -0.3 is 5.11 Å². The Balaban J connectivity index is 2.27. The Morgan fingerprint density at radius 2 is 2.05 bits per heavy atom. The fraction of sp³-hybridized carbons (Fsp3) is 0.500. The minimum Gasteiger partial charge on any atom is -0.481 e. The lowest BCUT2D eigenvalue weighted by Crippen LogP contribution is -2.35. The van der Waals surface area contributed by atoms with Gasteiger partial charge in [0.15, 0.2) is 0 Å². The molecule has 1 N–H and O–H groups in total. The zero-order chi connectivity index (χ0) is 13.8. The molecule has 1 saturated heterocycles. The number of benzene rings is 1. The third kappa shape index (κ3) is 3.76. The summed E-state index contributed by atoms with van der Waals surface area (Å²) in [6, 6.07) is 4.47. The van der Waals surface area contributed by atoms with E-state index in [9.17, 15) is 9.18 Å². The van der Waals surface area contributed by atoms with Crippen LogP contribution in [0, 0.1) is 5.82 Å². The lowest BCUT2D eigenvalue weighted by Gasteiger charge is -2.34. The van der Waals surface area contributed by atoms with Gasteiger partial charge >= 0.3 is 5.97 Å². The summed E-state index contributed by atoms with van der Waals surface area (Å²) >= 11 is 3.22. The standard InChI is InChI=1S/C14H17BrFNO2/c15-10-4-5-11(12(16)8-10)13(9-14(18)19)17-6-2-1-3-7-17/h4-5,8,13H,1-3,6-7,9H2,(H,18,19). The molecule has 1 aromatic carbocycles. The van der Waals surface area contributed by atoms with Crippen molar-refractivity contribution < 1.29 is 14.3 Å². The topological polar surface area (TPSA) is 40.5 Å². The summed E-state index contributed by atoms with van der Waals surface area (Å²) in [5.41, 5.74) is 0.479. The second-order valence-electron chi connectivity index (χ2n) is 4.88. The first-order chi connectivity index (χ1) is 9.08. The zero-order valence-electron chi connectivity index (χ0n) is 10.6. The predicted molar refractivity (Wildman–Crippen MR) is 74.5 cm³/mol. The summed E-state index contributed by atoms with van der Waals surface area (Å²) in [5.74, 6) is -1.23. The van der Waals surface area contributed by atoms with Crippen LogP contribution in [-0.4, -0.2) is 29.1 Å². The van der Waals surface area contributed by atoms with Gasteiger partial charge in [-0.1, -0.05) is 28.4 Å². The van der Waals surface area contributed by atoms with E-state index in [1.807, 2.05) is 0 Å². The summed E-state index contributed by atoms with van der Waals surface area (Å²) in [6.45, 7) is 1.68. The number of aliphatic carboxylic acids is 1. The number of halogens is 2. The number of carboxylic acids is 1. The molecule has 5 heteroatoms. The van der Waals surface area contributed by atoms with Crippen molar-refractivity contribution in [3.05, 3.63) is 34.1 Å². The van der Waals surface area contributed by atoms with Gasteiger partial charge in [-0.15, -0.1) is 0 Å². The molecule has 0 aliphatic carbocycles. The van der Waals surface area contributed by atoms with Crippen molar-refractivity contribution in [3.63, 3.8) is 0 Å². The van der Waals surface area contributed by atoms with Crippen molar-refractivity contribution in [2.45, 2.75) is 31.7 Å². The lowest BCUT2D eigenvalue weighted by molar-refractivity contribution is -0.138. The number of hydrogen-bond acceptors (Lipinski definition) is 2. The Bertz CT molecular complexity index is 461. The van der Waals surface area contributed by atoms with Crippen molar-refractivity contribution in [2.24, 2.45) is 0 Å². The summed E-state index contributed by atoms with van der Waals surface area (Å²) in [6.07, 6.45) is 3.21. The predicted octanol–water partition coefficient (Wildman–Crippen LogP) is 3.59. The van der Waals surface area contributed by atoms with Crippen LogP contribution in [0.25, 0.3) is 0 Å². The molecule has 0 radical (unpaired) electrons. The quantitative estimate of drug-likeness (QED) is 0.917. The second-order valence-corrected chi connectivity index (χ2v) is 5.79. The molecule has 104 valence electrons. The molecule has 1 aliphatic rings. The van der Waals surface area contributed by atoms with Crippen LogP contribution >= 0.6 is 15.9 Å². The van der Waals surface area contributed by atoms with Gasteiger partial charge in [0.25, 0.3) is 0 Å². The average Bonchev–Trinajstić information content (AvgIpc) is 2.37. The van der Waals surface area contributed by atoms with Gasteiger partial charge in [0.05, 0.1) is 6.42 Å². The van der Waals surface area contributed by atoms with Crippen molar-refractivity contribution in [1.29, 1.82) is 0 Å². The first-order valence-electron chi connectivity index (χ1n) is 6.48. The van der Waals surface area contributed by atoms with E-state index in [2.05, 4.69) is 20.8 Å².